The molecule has 0 fully saturated rings. The van der Waals surface area contributed by atoms with Gasteiger partial charge in [-0.05, 0) is 31.2 Å². The molecule has 0 aliphatic rings. The minimum absolute atomic E-state index is 0.0157. The molecule has 20 heavy (non-hydrogen) atoms. The molecule has 2 aromatic rings. The summed E-state index contributed by atoms with van der Waals surface area (Å²) in [6, 6.07) is 13.6. The number of carbonyl (C=O) groups excluding carboxylic acids is 1. The Balaban J connectivity index is 2.25. The van der Waals surface area contributed by atoms with Crippen LogP contribution in [0.4, 0.5) is 5.69 Å². The third kappa shape index (κ3) is 3.65. The fourth-order valence-corrected chi connectivity index (χ4v) is 1.96. The van der Waals surface area contributed by atoms with Crippen LogP contribution in [-0.4, -0.2) is 17.4 Å². The van der Waals surface area contributed by atoms with Crippen LogP contribution in [0.3, 0.4) is 0 Å². The Bertz CT molecular complexity index is 552. The summed E-state index contributed by atoms with van der Waals surface area (Å²) >= 11 is 0. The molecular formula is C16H19N3O. The van der Waals surface area contributed by atoms with E-state index in [0.717, 1.165) is 16.9 Å². The predicted molar refractivity (Wildman–Crippen MR) is 80.3 cm³/mol. The Labute approximate surface area is 119 Å². The number of nitrogens with zero attached hydrogens (tertiary/aromatic N) is 2. The second-order valence-electron chi connectivity index (χ2n) is 4.68. The first-order chi connectivity index (χ1) is 9.70. The van der Waals surface area contributed by atoms with Crippen LogP contribution in [0.5, 0.6) is 0 Å². The van der Waals surface area contributed by atoms with Crippen molar-refractivity contribution in [2.45, 2.75) is 19.9 Å². The number of hydrogen-bond acceptors (Lipinski definition) is 3. The third-order valence-electron chi connectivity index (χ3n) is 3.05. The molecule has 1 amide bonds. The molecule has 0 saturated carbocycles. The van der Waals surface area contributed by atoms with Crippen molar-refractivity contribution in [3.63, 3.8) is 0 Å². The Morgan fingerprint density at radius 3 is 2.55 bits per heavy atom. The SMILES string of the molecule is Cc1ccc(N(Cc2ccccn2)C(=O)CCN)cc1. The van der Waals surface area contributed by atoms with Crippen molar-refractivity contribution < 1.29 is 4.79 Å². The number of carbonyl (C=O) groups is 1. The van der Waals surface area contributed by atoms with Crippen molar-refractivity contribution in [3.05, 3.63) is 59.9 Å². The fourth-order valence-electron chi connectivity index (χ4n) is 1.96. The summed E-state index contributed by atoms with van der Waals surface area (Å²) < 4.78 is 0. The Hall–Kier alpha value is -2.20. The van der Waals surface area contributed by atoms with Crippen LogP contribution in [-0.2, 0) is 11.3 Å². The van der Waals surface area contributed by atoms with E-state index in [1.165, 1.54) is 0 Å². The number of amides is 1. The minimum atomic E-state index is 0.0157. The lowest BCUT2D eigenvalue weighted by molar-refractivity contribution is -0.118. The van der Waals surface area contributed by atoms with Gasteiger partial charge in [0.1, 0.15) is 0 Å². The van der Waals surface area contributed by atoms with Crippen LogP contribution in [0.2, 0.25) is 0 Å². The zero-order valence-corrected chi connectivity index (χ0v) is 11.6. The number of aromatic nitrogens is 1. The average molecular weight is 269 g/mol. The van der Waals surface area contributed by atoms with Gasteiger partial charge in [-0.2, -0.15) is 0 Å². The highest BCUT2D eigenvalue weighted by atomic mass is 16.2. The van der Waals surface area contributed by atoms with Crippen molar-refractivity contribution in [1.29, 1.82) is 0 Å². The first kappa shape index (κ1) is 14.2. The van der Waals surface area contributed by atoms with E-state index in [0.29, 0.717) is 19.5 Å². The Kier molecular flexibility index (Phi) is 4.85. The van der Waals surface area contributed by atoms with Crippen molar-refractivity contribution in [3.8, 4) is 0 Å². The zero-order chi connectivity index (χ0) is 14.4. The molecule has 1 aromatic carbocycles. The van der Waals surface area contributed by atoms with Crippen LogP contribution < -0.4 is 10.6 Å². The highest BCUT2D eigenvalue weighted by Gasteiger charge is 2.15. The minimum Gasteiger partial charge on any atom is -0.330 e. The lowest BCUT2D eigenvalue weighted by atomic mass is 10.2. The van der Waals surface area contributed by atoms with Crippen LogP contribution >= 0.6 is 0 Å². The van der Waals surface area contributed by atoms with Gasteiger partial charge in [0.2, 0.25) is 5.91 Å². The number of anilines is 1. The van der Waals surface area contributed by atoms with Crippen LogP contribution in [0, 0.1) is 6.92 Å². The van der Waals surface area contributed by atoms with Crippen molar-refractivity contribution in [2.24, 2.45) is 5.73 Å². The Morgan fingerprint density at radius 1 is 1.20 bits per heavy atom. The topological polar surface area (TPSA) is 59.2 Å². The van der Waals surface area contributed by atoms with Crippen LogP contribution in [0.15, 0.2) is 48.7 Å². The van der Waals surface area contributed by atoms with Gasteiger partial charge in [-0.15, -0.1) is 0 Å². The molecule has 0 atom stereocenters. The zero-order valence-electron chi connectivity index (χ0n) is 11.6. The van der Waals surface area contributed by atoms with Gasteiger partial charge in [0.25, 0.3) is 0 Å². The standard InChI is InChI=1S/C16H19N3O/c1-13-5-7-15(8-6-13)19(16(20)9-10-17)12-14-4-2-3-11-18-14/h2-8,11H,9-10,12,17H2,1H3. The van der Waals surface area contributed by atoms with Gasteiger partial charge in [-0.1, -0.05) is 23.8 Å². The van der Waals surface area contributed by atoms with Crippen LogP contribution in [0.25, 0.3) is 0 Å². The number of hydrogen-bond donors (Lipinski definition) is 1. The van der Waals surface area contributed by atoms with Crippen molar-refractivity contribution in [2.75, 3.05) is 11.4 Å². The normalized spacial score (nSPS) is 10.3. The molecule has 0 spiro atoms. The first-order valence-corrected chi connectivity index (χ1v) is 6.67. The van der Waals surface area contributed by atoms with E-state index in [4.69, 9.17) is 5.73 Å². The summed E-state index contributed by atoms with van der Waals surface area (Å²) in [5, 5.41) is 0. The summed E-state index contributed by atoms with van der Waals surface area (Å²) in [4.78, 5) is 18.3. The van der Waals surface area contributed by atoms with Crippen LogP contribution in [0.1, 0.15) is 17.7 Å². The van der Waals surface area contributed by atoms with Crippen molar-refractivity contribution in [1.82, 2.24) is 4.98 Å². The molecule has 104 valence electrons. The molecule has 0 bridgehead atoms. The highest BCUT2D eigenvalue weighted by Crippen LogP contribution is 2.18. The lowest BCUT2D eigenvalue weighted by Crippen LogP contribution is -2.32. The summed E-state index contributed by atoms with van der Waals surface area (Å²) in [5.41, 5.74) is 8.40. The van der Waals surface area contributed by atoms with Gasteiger partial charge < -0.3 is 10.6 Å². The maximum absolute atomic E-state index is 12.3. The molecule has 1 heterocycles. The van der Waals surface area contributed by atoms with Gasteiger partial charge >= 0.3 is 0 Å². The van der Waals surface area contributed by atoms with E-state index in [1.807, 2.05) is 49.4 Å². The molecule has 0 unspecified atom stereocenters. The van der Waals surface area contributed by atoms with E-state index >= 15 is 0 Å². The van der Waals surface area contributed by atoms with E-state index < -0.39 is 0 Å². The first-order valence-electron chi connectivity index (χ1n) is 6.67. The summed E-state index contributed by atoms with van der Waals surface area (Å²) in [7, 11) is 0. The van der Waals surface area contributed by atoms with Gasteiger partial charge in [0.15, 0.2) is 0 Å². The van der Waals surface area contributed by atoms with Gasteiger partial charge in [0, 0.05) is 24.8 Å². The fraction of sp³-hybridized carbons (Fsp3) is 0.250. The smallest absolute Gasteiger partial charge is 0.228 e. The largest absolute Gasteiger partial charge is 0.330 e. The van der Waals surface area contributed by atoms with Gasteiger partial charge in [-0.3, -0.25) is 9.78 Å². The van der Waals surface area contributed by atoms with E-state index in [-0.39, 0.29) is 5.91 Å². The number of nitrogens with two attached hydrogens (primary N) is 1. The summed E-state index contributed by atoms with van der Waals surface area (Å²) in [5.74, 6) is 0.0157. The summed E-state index contributed by atoms with van der Waals surface area (Å²) in [6.45, 7) is 2.83. The van der Waals surface area contributed by atoms with Gasteiger partial charge in [-0.25, -0.2) is 0 Å². The molecule has 1 aromatic heterocycles. The quantitative estimate of drug-likeness (QED) is 0.905. The number of rotatable bonds is 5. The van der Waals surface area contributed by atoms with E-state index in [2.05, 4.69) is 4.98 Å². The summed E-state index contributed by atoms with van der Waals surface area (Å²) in [6.07, 6.45) is 2.07. The van der Waals surface area contributed by atoms with Crippen molar-refractivity contribution >= 4 is 11.6 Å². The van der Waals surface area contributed by atoms with Gasteiger partial charge in [0.05, 0.1) is 12.2 Å². The number of benzene rings is 1. The maximum Gasteiger partial charge on any atom is 0.228 e. The number of aryl methyl sites for hydroxylation is 1. The lowest BCUT2D eigenvalue weighted by Gasteiger charge is -2.22. The molecule has 4 nitrogen and oxygen atoms in total. The molecular weight excluding hydrogens is 250 g/mol. The third-order valence-corrected chi connectivity index (χ3v) is 3.05. The monoisotopic (exact) mass is 269 g/mol. The number of pyridine rings is 1. The average Bonchev–Trinajstić information content (AvgIpc) is 2.47. The molecule has 2 rings (SSSR count). The Morgan fingerprint density at radius 2 is 1.95 bits per heavy atom. The second-order valence-corrected chi connectivity index (χ2v) is 4.68. The molecule has 0 saturated heterocycles. The second kappa shape index (κ2) is 6.82. The van der Waals surface area contributed by atoms with E-state index in [1.54, 1.807) is 11.1 Å². The van der Waals surface area contributed by atoms with E-state index in [9.17, 15) is 4.79 Å². The molecule has 0 radical (unpaired) electrons. The highest BCUT2D eigenvalue weighted by molar-refractivity contribution is 5.93. The molecule has 0 aliphatic carbocycles. The molecule has 2 N–H and O–H groups in total. The molecule has 0 aliphatic heterocycles. The predicted octanol–water partition coefficient (Wildman–Crippen LogP) is 2.27. The molecule has 4 heteroatoms. The maximum atomic E-state index is 12.3.